The van der Waals surface area contributed by atoms with Crippen LogP contribution in [0.3, 0.4) is 0 Å². The van der Waals surface area contributed by atoms with Gasteiger partial charge in [-0.05, 0) is 31.0 Å². The van der Waals surface area contributed by atoms with Crippen molar-refractivity contribution in [3.05, 3.63) is 39.7 Å². The first-order chi connectivity index (χ1) is 11.2. The molecule has 10 heteroatoms. The van der Waals surface area contributed by atoms with Gasteiger partial charge < -0.3 is 0 Å². The van der Waals surface area contributed by atoms with E-state index in [9.17, 15) is 12.8 Å². The summed E-state index contributed by atoms with van der Waals surface area (Å²) in [6, 6.07) is 3.72. The number of benzene rings is 1. The van der Waals surface area contributed by atoms with Gasteiger partial charge in [-0.3, -0.25) is 4.72 Å². The lowest BCUT2D eigenvalue weighted by molar-refractivity contribution is 0.587. The maximum absolute atomic E-state index is 14.0. The molecular weight excluding hydrogens is 375 g/mol. The van der Waals surface area contributed by atoms with Gasteiger partial charge in [0.2, 0.25) is 9.99 Å². The van der Waals surface area contributed by atoms with Gasteiger partial charge in [-0.15, -0.1) is 0 Å². The summed E-state index contributed by atoms with van der Waals surface area (Å²) in [5.74, 6) is -0.895. The first kappa shape index (κ1) is 17.1. The molecule has 0 aliphatic heterocycles. The Hall–Kier alpha value is -1.71. The van der Waals surface area contributed by atoms with Crippen LogP contribution in [0.2, 0.25) is 5.02 Å². The van der Waals surface area contributed by atoms with E-state index in [1.165, 1.54) is 28.0 Å². The van der Waals surface area contributed by atoms with E-state index in [2.05, 4.69) is 14.8 Å². The maximum Gasteiger partial charge on any atom is 0.281 e. The van der Waals surface area contributed by atoms with Gasteiger partial charge in [-0.25, -0.2) is 9.37 Å². The molecule has 0 radical (unpaired) electrons. The SMILES string of the molecule is Cc1nn2c(S(=O)(=O)Nc3ccc(Cl)cc3F)c(C(C)C)nc2s1. The molecule has 0 atom stereocenters. The molecule has 1 N–H and O–H groups in total. The van der Waals surface area contributed by atoms with Crippen molar-refractivity contribution in [2.24, 2.45) is 0 Å². The van der Waals surface area contributed by atoms with E-state index in [1.54, 1.807) is 6.92 Å². The third kappa shape index (κ3) is 2.99. The van der Waals surface area contributed by atoms with Gasteiger partial charge >= 0.3 is 0 Å². The third-order valence-corrected chi connectivity index (χ3v) is 5.70. The molecule has 0 spiro atoms. The van der Waals surface area contributed by atoms with Crippen molar-refractivity contribution < 1.29 is 12.8 Å². The fourth-order valence-electron chi connectivity index (χ4n) is 2.23. The van der Waals surface area contributed by atoms with Crippen LogP contribution in [0.25, 0.3) is 4.96 Å². The van der Waals surface area contributed by atoms with Crippen molar-refractivity contribution in [2.75, 3.05) is 4.72 Å². The zero-order valence-corrected chi connectivity index (χ0v) is 15.4. The van der Waals surface area contributed by atoms with Crippen molar-refractivity contribution in [1.82, 2.24) is 14.6 Å². The van der Waals surface area contributed by atoms with Crippen LogP contribution in [-0.4, -0.2) is 23.0 Å². The van der Waals surface area contributed by atoms with Crippen LogP contribution in [0.15, 0.2) is 23.2 Å². The molecule has 0 saturated carbocycles. The molecule has 3 aromatic rings. The lowest BCUT2D eigenvalue weighted by Gasteiger charge is -2.11. The molecule has 0 unspecified atom stereocenters. The predicted molar refractivity (Wildman–Crippen MR) is 91.9 cm³/mol. The third-order valence-electron chi connectivity index (χ3n) is 3.27. The Morgan fingerprint density at radius 2 is 2.08 bits per heavy atom. The lowest BCUT2D eigenvalue weighted by atomic mass is 10.2. The number of anilines is 1. The first-order valence-corrected chi connectivity index (χ1v) is 9.70. The molecule has 0 amide bonds. The Kier molecular flexibility index (Phi) is 4.27. The van der Waals surface area contributed by atoms with E-state index in [0.29, 0.717) is 15.7 Å². The number of fused-ring (bicyclic) bond motifs is 1. The lowest BCUT2D eigenvalue weighted by Crippen LogP contribution is -2.18. The zero-order valence-electron chi connectivity index (χ0n) is 13.0. The molecule has 0 bridgehead atoms. The molecule has 6 nitrogen and oxygen atoms in total. The van der Waals surface area contributed by atoms with Crippen molar-refractivity contribution in [2.45, 2.75) is 31.7 Å². The number of nitrogens with zero attached hydrogens (tertiary/aromatic N) is 3. The highest BCUT2D eigenvalue weighted by atomic mass is 35.5. The van der Waals surface area contributed by atoms with Gasteiger partial charge in [-0.2, -0.15) is 18.0 Å². The fourth-order valence-corrected chi connectivity index (χ4v) is 4.66. The second kappa shape index (κ2) is 5.98. The maximum atomic E-state index is 14.0. The standard InChI is InChI=1S/C14H14ClFN4O2S2/c1-7(2)12-13(20-14(17-12)23-8(3)18-20)24(21,22)19-11-5-4-9(15)6-10(11)16/h4-7,19H,1-3H3. The number of halogens is 2. The first-order valence-electron chi connectivity index (χ1n) is 7.03. The number of aryl methyl sites for hydroxylation is 1. The van der Waals surface area contributed by atoms with Gasteiger partial charge in [0.15, 0.2) is 0 Å². The molecule has 2 heterocycles. The molecular formula is C14H14ClFN4O2S2. The van der Waals surface area contributed by atoms with Crippen LogP contribution in [0, 0.1) is 12.7 Å². The van der Waals surface area contributed by atoms with Crippen LogP contribution in [0.4, 0.5) is 10.1 Å². The number of nitrogens with one attached hydrogen (secondary N) is 1. The van der Waals surface area contributed by atoms with Gasteiger partial charge in [0.25, 0.3) is 10.0 Å². The van der Waals surface area contributed by atoms with E-state index in [4.69, 9.17) is 11.6 Å². The van der Waals surface area contributed by atoms with E-state index < -0.39 is 15.8 Å². The highest BCUT2D eigenvalue weighted by Gasteiger charge is 2.29. The summed E-state index contributed by atoms with van der Waals surface area (Å²) in [5, 5.41) is 4.98. The minimum atomic E-state index is -4.08. The monoisotopic (exact) mass is 388 g/mol. The Bertz CT molecular complexity index is 1030. The van der Waals surface area contributed by atoms with Crippen LogP contribution >= 0.6 is 22.9 Å². The molecule has 0 fully saturated rings. The Labute approximate surface area is 147 Å². The molecule has 0 saturated heterocycles. The molecule has 128 valence electrons. The minimum absolute atomic E-state index is 0.0776. The Morgan fingerprint density at radius 1 is 1.38 bits per heavy atom. The topological polar surface area (TPSA) is 76.4 Å². The van der Waals surface area contributed by atoms with Crippen molar-refractivity contribution in [3.8, 4) is 0 Å². The van der Waals surface area contributed by atoms with Gasteiger partial charge in [0, 0.05) is 5.02 Å². The summed E-state index contributed by atoms with van der Waals surface area (Å²) in [5.41, 5.74) is 0.201. The summed E-state index contributed by atoms with van der Waals surface area (Å²) in [6.45, 7) is 5.43. The van der Waals surface area contributed by atoms with Crippen LogP contribution in [0.5, 0.6) is 0 Å². The Morgan fingerprint density at radius 3 is 2.71 bits per heavy atom. The summed E-state index contributed by atoms with van der Waals surface area (Å²) in [6.07, 6.45) is 0. The second-order valence-corrected chi connectivity index (χ2v) is 8.70. The molecule has 1 aromatic carbocycles. The summed E-state index contributed by atoms with van der Waals surface area (Å²) in [4.78, 5) is 4.84. The molecule has 3 rings (SSSR count). The summed E-state index contributed by atoms with van der Waals surface area (Å²) < 4.78 is 43.2. The number of hydrogen-bond acceptors (Lipinski definition) is 5. The number of imidazole rings is 1. The van der Waals surface area contributed by atoms with E-state index in [-0.39, 0.29) is 21.7 Å². The minimum Gasteiger partial charge on any atom is -0.275 e. The molecule has 24 heavy (non-hydrogen) atoms. The average molecular weight is 389 g/mol. The predicted octanol–water partition coefficient (Wildman–Crippen LogP) is 3.82. The molecule has 0 aliphatic carbocycles. The average Bonchev–Trinajstić information content (AvgIpc) is 2.97. The van der Waals surface area contributed by atoms with E-state index in [0.717, 1.165) is 6.07 Å². The van der Waals surface area contributed by atoms with Gasteiger partial charge in [-0.1, -0.05) is 36.8 Å². The largest absolute Gasteiger partial charge is 0.281 e. The van der Waals surface area contributed by atoms with Crippen LogP contribution < -0.4 is 4.72 Å². The number of hydrogen-bond donors (Lipinski definition) is 1. The summed E-state index contributed by atoms with van der Waals surface area (Å²) in [7, 11) is -4.08. The highest BCUT2D eigenvalue weighted by Crippen LogP contribution is 2.29. The number of aromatic nitrogens is 3. The number of rotatable bonds is 4. The van der Waals surface area contributed by atoms with Crippen molar-refractivity contribution in [3.63, 3.8) is 0 Å². The smallest absolute Gasteiger partial charge is 0.275 e. The van der Waals surface area contributed by atoms with Crippen LogP contribution in [0.1, 0.15) is 30.5 Å². The second-order valence-electron chi connectivity index (χ2n) is 5.50. The van der Waals surface area contributed by atoms with Gasteiger partial charge in [0.05, 0.1) is 11.4 Å². The van der Waals surface area contributed by atoms with Crippen LogP contribution in [-0.2, 0) is 10.0 Å². The highest BCUT2D eigenvalue weighted by molar-refractivity contribution is 7.92. The van der Waals surface area contributed by atoms with Gasteiger partial charge in [0.1, 0.15) is 10.8 Å². The van der Waals surface area contributed by atoms with Crippen molar-refractivity contribution in [1.29, 1.82) is 0 Å². The molecule has 2 aromatic heterocycles. The quantitative estimate of drug-likeness (QED) is 0.737. The summed E-state index contributed by atoms with van der Waals surface area (Å²) >= 11 is 6.98. The Balaban J connectivity index is 2.15. The van der Waals surface area contributed by atoms with E-state index >= 15 is 0 Å². The van der Waals surface area contributed by atoms with Crippen molar-refractivity contribution >= 4 is 43.6 Å². The number of sulfonamides is 1. The molecule has 0 aliphatic rings. The van der Waals surface area contributed by atoms with E-state index in [1.807, 2.05) is 13.8 Å². The zero-order chi connectivity index (χ0) is 17.6. The fraction of sp³-hybridized carbons (Fsp3) is 0.286. The normalized spacial score (nSPS) is 12.2.